The van der Waals surface area contributed by atoms with Crippen LogP contribution in [0.15, 0.2) is 58.4 Å². The van der Waals surface area contributed by atoms with Crippen LogP contribution in [0.5, 0.6) is 5.75 Å². The van der Waals surface area contributed by atoms with Gasteiger partial charge >= 0.3 is 6.18 Å². The molecule has 0 fully saturated rings. The molecule has 9 heteroatoms. The van der Waals surface area contributed by atoms with E-state index in [4.69, 9.17) is 4.74 Å². The van der Waals surface area contributed by atoms with E-state index in [2.05, 4.69) is 15.6 Å². The van der Waals surface area contributed by atoms with Crippen LogP contribution < -0.4 is 15.4 Å². The summed E-state index contributed by atoms with van der Waals surface area (Å²) in [5.74, 6) is 1.03. The summed E-state index contributed by atoms with van der Waals surface area (Å²) in [6.45, 7) is 1.09. The van der Waals surface area contributed by atoms with Crippen molar-refractivity contribution in [1.29, 1.82) is 0 Å². The van der Waals surface area contributed by atoms with Gasteiger partial charge in [-0.2, -0.15) is 13.2 Å². The zero-order valence-electron chi connectivity index (χ0n) is 16.3. The normalized spacial score (nSPS) is 13.1. The Hall–Kier alpha value is -2.55. The smallest absolute Gasteiger partial charge is 0.422 e. The number of guanidine groups is 1. The minimum atomic E-state index is -4.40. The van der Waals surface area contributed by atoms with Gasteiger partial charge in [-0.3, -0.25) is 9.20 Å². The number of aliphatic imine (C=N–C) groups is 1. The standard InChI is InChI=1S/C20H24F3N3O2S/c1-15-8-9-16(18(12-15)28-14-20(21,22)23)13-26-19(24-2)25-10-11-29(27)17-6-4-3-5-7-17/h3-9,12H,10-11,13-14H2,1-2H3,(H2,24,25,26). The van der Waals surface area contributed by atoms with Gasteiger partial charge in [-0.1, -0.05) is 30.3 Å². The summed E-state index contributed by atoms with van der Waals surface area (Å²) in [6.07, 6.45) is -4.40. The molecule has 158 valence electrons. The average Bonchev–Trinajstić information content (AvgIpc) is 2.69. The van der Waals surface area contributed by atoms with E-state index in [1.165, 1.54) is 0 Å². The largest absolute Gasteiger partial charge is 0.484 e. The van der Waals surface area contributed by atoms with Gasteiger partial charge in [0, 0.05) is 36.3 Å². The number of nitrogens with zero attached hydrogens (tertiary/aromatic N) is 1. The molecule has 0 aliphatic heterocycles. The Kier molecular flexibility index (Phi) is 8.50. The first-order valence-electron chi connectivity index (χ1n) is 8.95. The number of halogens is 3. The molecule has 1 atom stereocenters. The molecule has 0 saturated carbocycles. The lowest BCUT2D eigenvalue weighted by molar-refractivity contribution is -0.153. The molecule has 2 rings (SSSR count). The second-order valence-corrected chi connectivity index (χ2v) is 7.80. The molecule has 0 amide bonds. The van der Waals surface area contributed by atoms with Crippen LogP contribution in [0.3, 0.4) is 0 Å². The zero-order valence-corrected chi connectivity index (χ0v) is 17.1. The van der Waals surface area contributed by atoms with Crippen LogP contribution in [0.25, 0.3) is 0 Å². The highest BCUT2D eigenvalue weighted by molar-refractivity contribution is 7.85. The van der Waals surface area contributed by atoms with E-state index in [1.54, 1.807) is 32.2 Å². The van der Waals surface area contributed by atoms with Gasteiger partial charge in [0.25, 0.3) is 0 Å². The first-order chi connectivity index (χ1) is 13.8. The number of benzene rings is 2. The lowest BCUT2D eigenvalue weighted by atomic mass is 10.1. The monoisotopic (exact) mass is 427 g/mol. The predicted octanol–water partition coefficient (Wildman–Crippen LogP) is 3.41. The van der Waals surface area contributed by atoms with Crippen LogP contribution in [0, 0.1) is 6.92 Å². The van der Waals surface area contributed by atoms with Gasteiger partial charge in [0.15, 0.2) is 12.6 Å². The van der Waals surface area contributed by atoms with Gasteiger partial charge in [-0.25, -0.2) is 0 Å². The number of rotatable bonds is 8. The molecule has 0 aromatic heterocycles. The van der Waals surface area contributed by atoms with Crippen LogP contribution in [0.4, 0.5) is 13.2 Å². The van der Waals surface area contributed by atoms with Crippen LogP contribution in [0.1, 0.15) is 11.1 Å². The van der Waals surface area contributed by atoms with Crippen LogP contribution in [0.2, 0.25) is 0 Å². The SMILES string of the molecule is CN=C(NCCS(=O)c1ccccc1)NCc1ccc(C)cc1OCC(F)(F)F. The number of hydrogen-bond donors (Lipinski definition) is 2. The molecule has 2 N–H and O–H groups in total. The second-order valence-electron chi connectivity index (χ2n) is 6.23. The molecule has 29 heavy (non-hydrogen) atoms. The molecular weight excluding hydrogens is 403 g/mol. The Balaban J connectivity index is 1.88. The zero-order chi connectivity index (χ0) is 21.3. The lowest BCUT2D eigenvalue weighted by Gasteiger charge is -2.16. The third kappa shape index (κ3) is 8.15. The summed E-state index contributed by atoms with van der Waals surface area (Å²) in [7, 11) is 0.452. The number of hydrogen-bond acceptors (Lipinski definition) is 3. The molecule has 5 nitrogen and oxygen atoms in total. The highest BCUT2D eigenvalue weighted by atomic mass is 32.2. The molecule has 0 spiro atoms. The van der Waals surface area contributed by atoms with Gasteiger partial charge in [-0.05, 0) is 30.7 Å². The maximum absolute atomic E-state index is 12.5. The molecule has 0 heterocycles. The molecular formula is C20H24F3N3O2S. The Morgan fingerprint density at radius 1 is 1.14 bits per heavy atom. The van der Waals surface area contributed by atoms with E-state index in [9.17, 15) is 17.4 Å². The first-order valence-corrected chi connectivity index (χ1v) is 10.3. The minimum absolute atomic E-state index is 0.176. The number of nitrogens with one attached hydrogen (secondary N) is 2. The maximum atomic E-state index is 12.5. The van der Waals surface area contributed by atoms with Gasteiger partial charge in [0.2, 0.25) is 0 Å². The Morgan fingerprint density at radius 2 is 1.86 bits per heavy atom. The minimum Gasteiger partial charge on any atom is -0.484 e. The van der Waals surface area contributed by atoms with E-state index in [-0.39, 0.29) is 12.3 Å². The fourth-order valence-corrected chi connectivity index (χ4v) is 3.44. The molecule has 0 aliphatic rings. The van der Waals surface area contributed by atoms with E-state index < -0.39 is 23.6 Å². The van der Waals surface area contributed by atoms with Crippen LogP contribution in [-0.4, -0.2) is 42.3 Å². The highest BCUT2D eigenvalue weighted by Gasteiger charge is 2.28. The summed E-state index contributed by atoms with van der Waals surface area (Å²) in [5, 5.41) is 6.09. The molecule has 0 bridgehead atoms. The topological polar surface area (TPSA) is 62.7 Å². The van der Waals surface area contributed by atoms with Gasteiger partial charge in [0.05, 0.1) is 10.8 Å². The third-order valence-corrected chi connectivity index (χ3v) is 5.24. The lowest BCUT2D eigenvalue weighted by Crippen LogP contribution is -2.38. The van der Waals surface area contributed by atoms with Crippen molar-refractivity contribution in [3.8, 4) is 5.75 Å². The van der Waals surface area contributed by atoms with Gasteiger partial charge in [0.1, 0.15) is 5.75 Å². The van der Waals surface area contributed by atoms with Crippen molar-refractivity contribution in [2.75, 3.05) is 26.0 Å². The van der Waals surface area contributed by atoms with Gasteiger partial charge < -0.3 is 15.4 Å². The van der Waals surface area contributed by atoms with Crippen molar-refractivity contribution < 1.29 is 22.1 Å². The second kappa shape index (κ2) is 10.8. The van der Waals surface area contributed by atoms with Crippen LogP contribution in [-0.2, 0) is 17.3 Å². The predicted molar refractivity (Wildman–Crippen MR) is 109 cm³/mol. The summed E-state index contributed by atoms with van der Waals surface area (Å²) < 4.78 is 54.6. The van der Waals surface area contributed by atoms with Crippen molar-refractivity contribution >= 4 is 16.8 Å². The average molecular weight is 427 g/mol. The summed E-state index contributed by atoms with van der Waals surface area (Å²) in [5.41, 5.74) is 1.38. The number of alkyl halides is 3. The number of ether oxygens (including phenoxy) is 1. The Labute approximate surface area is 170 Å². The first kappa shape index (κ1) is 22.7. The fraction of sp³-hybridized carbons (Fsp3) is 0.350. The summed E-state index contributed by atoms with van der Waals surface area (Å²) in [4.78, 5) is 4.83. The van der Waals surface area contributed by atoms with Crippen molar-refractivity contribution in [3.63, 3.8) is 0 Å². The Morgan fingerprint density at radius 3 is 2.52 bits per heavy atom. The van der Waals surface area contributed by atoms with Gasteiger partial charge in [-0.15, -0.1) is 0 Å². The van der Waals surface area contributed by atoms with Crippen molar-refractivity contribution in [1.82, 2.24) is 10.6 Å². The molecule has 2 aromatic carbocycles. The number of aryl methyl sites for hydroxylation is 1. The molecule has 2 aromatic rings. The van der Waals surface area contributed by atoms with E-state index in [0.717, 1.165) is 10.5 Å². The quantitative estimate of drug-likeness (QED) is 0.501. The van der Waals surface area contributed by atoms with Crippen molar-refractivity contribution in [3.05, 3.63) is 59.7 Å². The fourth-order valence-electron chi connectivity index (χ4n) is 2.45. The molecule has 1 unspecified atom stereocenters. The highest BCUT2D eigenvalue weighted by Crippen LogP contribution is 2.23. The Bertz CT molecular complexity index is 843. The van der Waals surface area contributed by atoms with Crippen LogP contribution >= 0.6 is 0 Å². The maximum Gasteiger partial charge on any atom is 0.422 e. The molecule has 0 aliphatic carbocycles. The van der Waals surface area contributed by atoms with Crippen molar-refractivity contribution in [2.24, 2.45) is 4.99 Å². The van der Waals surface area contributed by atoms with E-state index in [1.807, 2.05) is 30.3 Å². The molecule has 0 saturated heterocycles. The third-order valence-electron chi connectivity index (χ3n) is 3.87. The molecule has 0 radical (unpaired) electrons. The summed E-state index contributed by atoms with van der Waals surface area (Å²) >= 11 is 0. The summed E-state index contributed by atoms with van der Waals surface area (Å²) in [6, 6.07) is 14.2. The van der Waals surface area contributed by atoms with E-state index in [0.29, 0.717) is 23.8 Å². The van der Waals surface area contributed by atoms with E-state index >= 15 is 0 Å². The van der Waals surface area contributed by atoms with Crippen molar-refractivity contribution in [2.45, 2.75) is 24.5 Å².